The van der Waals surface area contributed by atoms with Crippen LogP contribution in [0.4, 0.5) is 0 Å². The van der Waals surface area contributed by atoms with E-state index in [2.05, 4.69) is 10.1 Å². The van der Waals surface area contributed by atoms with Crippen molar-refractivity contribution < 1.29 is 12.9 Å². The Morgan fingerprint density at radius 3 is 2.62 bits per heavy atom. The van der Waals surface area contributed by atoms with E-state index in [1.54, 1.807) is 13.8 Å². The van der Waals surface area contributed by atoms with Crippen molar-refractivity contribution in [2.75, 3.05) is 11.5 Å². The van der Waals surface area contributed by atoms with E-state index >= 15 is 0 Å². The molecule has 2 heterocycles. The SMILES string of the molecule is CC(C)(N)c1nc(C2CCS(=O)(=O)C2)no1. The third-order valence-corrected chi connectivity index (χ3v) is 4.36. The summed E-state index contributed by atoms with van der Waals surface area (Å²) >= 11 is 0. The zero-order valence-electron chi connectivity index (χ0n) is 9.30. The summed E-state index contributed by atoms with van der Waals surface area (Å²) in [6.07, 6.45) is 0.562. The van der Waals surface area contributed by atoms with Gasteiger partial charge in [-0.15, -0.1) is 0 Å². The molecule has 0 aromatic carbocycles. The molecule has 90 valence electrons. The Labute approximate surface area is 94.1 Å². The van der Waals surface area contributed by atoms with Crippen molar-refractivity contribution >= 4 is 9.84 Å². The van der Waals surface area contributed by atoms with Gasteiger partial charge in [-0.2, -0.15) is 4.98 Å². The molecule has 1 saturated heterocycles. The van der Waals surface area contributed by atoms with E-state index in [1.165, 1.54) is 0 Å². The molecule has 2 N–H and O–H groups in total. The molecule has 1 fully saturated rings. The fourth-order valence-electron chi connectivity index (χ4n) is 1.66. The number of hydrogen-bond acceptors (Lipinski definition) is 6. The zero-order chi connectivity index (χ0) is 12.0. The van der Waals surface area contributed by atoms with Crippen molar-refractivity contribution in [2.45, 2.75) is 31.7 Å². The lowest BCUT2D eigenvalue weighted by atomic mass is 10.1. The van der Waals surface area contributed by atoms with Crippen LogP contribution in [0.25, 0.3) is 0 Å². The van der Waals surface area contributed by atoms with Crippen molar-refractivity contribution in [3.8, 4) is 0 Å². The number of rotatable bonds is 2. The lowest BCUT2D eigenvalue weighted by molar-refractivity contribution is 0.309. The van der Waals surface area contributed by atoms with Crippen molar-refractivity contribution in [3.63, 3.8) is 0 Å². The highest BCUT2D eigenvalue weighted by Gasteiger charge is 2.33. The summed E-state index contributed by atoms with van der Waals surface area (Å²) in [5.41, 5.74) is 5.12. The van der Waals surface area contributed by atoms with E-state index < -0.39 is 15.4 Å². The molecule has 1 unspecified atom stereocenters. The molecule has 1 aliphatic heterocycles. The maximum atomic E-state index is 11.3. The van der Waals surface area contributed by atoms with Crippen LogP contribution < -0.4 is 5.73 Å². The van der Waals surface area contributed by atoms with Gasteiger partial charge in [-0.3, -0.25) is 0 Å². The first-order chi connectivity index (χ1) is 7.28. The van der Waals surface area contributed by atoms with Gasteiger partial charge in [0.2, 0.25) is 5.89 Å². The predicted molar refractivity (Wildman–Crippen MR) is 57.5 cm³/mol. The average Bonchev–Trinajstić information content (AvgIpc) is 2.68. The van der Waals surface area contributed by atoms with Gasteiger partial charge >= 0.3 is 0 Å². The van der Waals surface area contributed by atoms with E-state index in [0.29, 0.717) is 18.1 Å². The summed E-state index contributed by atoms with van der Waals surface area (Å²) in [6, 6.07) is 0. The van der Waals surface area contributed by atoms with Crippen LogP contribution in [0.1, 0.15) is 37.9 Å². The molecule has 0 bridgehead atoms. The van der Waals surface area contributed by atoms with Gasteiger partial charge in [-0.25, -0.2) is 8.42 Å². The van der Waals surface area contributed by atoms with Crippen LogP contribution in [-0.2, 0) is 15.4 Å². The molecule has 16 heavy (non-hydrogen) atoms. The highest BCUT2D eigenvalue weighted by atomic mass is 32.2. The van der Waals surface area contributed by atoms with Crippen molar-refractivity contribution in [3.05, 3.63) is 11.7 Å². The van der Waals surface area contributed by atoms with Crippen LogP contribution in [0.15, 0.2) is 4.52 Å². The van der Waals surface area contributed by atoms with E-state index in [9.17, 15) is 8.42 Å². The Balaban J connectivity index is 2.21. The third-order valence-electron chi connectivity index (χ3n) is 2.59. The topological polar surface area (TPSA) is 99.1 Å². The normalized spacial score (nSPS) is 24.8. The minimum Gasteiger partial charge on any atom is -0.337 e. The average molecular weight is 245 g/mol. The molecule has 6 nitrogen and oxygen atoms in total. The summed E-state index contributed by atoms with van der Waals surface area (Å²) in [7, 11) is -2.92. The summed E-state index contributed by atoms with van der Waals surface area (Å²) in [5, 5.41) is 3.80. The molecule has 1 aromatic rings. The van der Waals surface area contributed by atoms with Crippen LogP contribution in [0.2, 0.25) is 0 Å². The second-order valence-corrected chi connectivity index (χ2v) is 7.01. The molecule has 1 atom stereocenters. The van der Waals surface area contributed by atoms with Gasteiger partial charge in [0.25, 0.3) is 0 Å². The van der Waals surface area contributed by atoms with Gasteiger partial charge in [0.05, 0.1) is 17.0 Å². The molecule has 1 aromatic heterocycles. The lowest BCUT2D eigenvalue weighted by Gasteiger charge is -2.10. The largest absolute Gasteiger partial charge is 0.337 e. The van der Waals surface area contributed by atoms with Crippen LogP contribution in [-0.4, -0.2) is 30.1 Å². The number of hydrogen-bond donors (Lipinski definition) is 1. The summed E-state index contributed by atoms with van der Waals surface area (Å²) in [5.74, 6) is 0.955. The molecule has 0 spiro atoms. The first-order valence-corrected chi connectivity index (χ1v) is 6.93. The van der Waals surface area contributed by atoms with Gasteiger partial charge in [-0.05, 0) is 20.3 Å². The Hall–Kier alpha value is -0.950. The molecule has 2 rings (SSSR count). The molecule has 0 amide bonds. The fourth-order valence-corrected chi connectivity index (χ4v) is 3.40. The zero-order valence-corrected chi connectivity index (χ0v) is 10.1. The highest BCUT2D eigenvalue weighted by Crippen LogP contribution is 2.27. The summed E-state index contributed by atoms with van der Waals surface area (Å²) < 4.78 is 27.6. The number of aromatic nitrogens is 2. The Morgan fingerprint density at radius 2 is 2.19 bits per heavy atom. The van der Waals surface area contributed by atoms with Gasteiger partial charge in [0.15, 0.2) is 15.7 Å². The first-order valence-electron chi connectivity index (χ1n) is 5.11. The van der Waals surface area contributed by atoms with Gasteiger partial charge in [0.1, 0.15) is 0 Å². The van der Waals surface area contributed by atoms with Crippen LogP contribution in [0.3, 0.4) is 0 Å². The molecule has 0 radical (unpaired) electrons. The highest BCUT2D eigenvalue weighted by molar-refractivity contribution is 7.91. The molecule has 1 aliphatic rings. The molecular formula is C9H15N3O3S. The van der Waals surface area contributed by atoms with Gasteiger partial charge < -0.3 is 10.3 Å². The quantitative estimate of drug-likeness (QED) is 0.797. The monoisotopic (exact) mass is 245 g/mol. The summed E-state index contributed by atoms with van der Waals surface area (Å²) in [4.78, 5) is 4.16. The molecule has 0 saturated carbocycles. The Kier molecular flexibility index (Phi) is 2.54. The third kappa shape index (κ3) is 2.25. The maximum absolute atomic E-state index is 11.3. The standard InChI is InChI=1S/C9H15N3O3S/c1-9(2,10)8-11-7(12-15-8)6-3-4-16(13,14)5-6/h6H,3-5,10H2,1-2H3. The first kappa shape index (κ1) is 11.5. The number of nitrogens with zero attached hydrogens (tertiary/aromatic N) is 2. The number of nitrogens with two attached hydrogens (primary N) is 1. The lowest BCUT2D eigenvalue weighted by Crippen LogP contribution is -2.29. The van der Waals surface area contributed by atoms with Crippen molar-refractivity contribution in [1.82, 2.24) is 10.1 Å². The van der Waals surface area contributed by atoms with Gasteiger partial charge in [0, 0.05) is 5.92 Å². The van der Waals surface area contributed by atoms with Crippen LogP contribution >= 0.6 is 0 Å². The van der Waals surface area contributed by atoms with Crippen LogP contribution in [0.5, 0.6) is 0 Å². The summed E-state index contributed by atoms with van der Waals surface area (Å²) in [6.45, 7) is 3.52. The van der Waals surface area contributed by atoms with Crippen LogP contribution in [0, 0.1) is 0 Å². The molecule has 7 heteroatoms. The Morgan fingerprint density at radius 1 is 1.50 bits per heavy atom. The smallest absolute Gasteiger partial charge is 0.246 e. The second kappa shape index (κ2) is 3.53. The minimum atomic E-state index is -2.92. The van der Waals surface area contributed by atoms with E-state index in [0.717, 1.165) is 0 Å². The fraction of sp³-hybridized carbons (Fsp3) is 0.778. The maximum Gasteiger partial charge on any atom is 0.246 e. The van der Waals surface area contributed by atoms with E-state index in [1.807, 2.05) is 0 Å². The van der Waals surface area contributed by atoms with Gasteiger partial charge in [-0.1, -0.05) is 5.16 Å². The van der Waals surface area contributed by atoms with E-state index in [-0.39, 0.29) is 17.4 Å². The Bertz CT molecular complexity index is 486. The number of sulfone groups is 1. The van der Waals surface area contributed by atoms with Crippen molar-refractivity contribution in [2.24, 2.45) is 5.73 Å². The minimum absolute atomic E-state index is 0.108. The second-order valence-electron chi connectivity index (χ2n) is 4.78. The van der Waals surface area contributed by atoms with E-state index in [4.69, 9.17) is 10.3 Å². The molecular weight excluding hydrogens is 230 g/mol. The predicted octanol–water partition coefficient (Wildman–Crippen LogP) is 0.166. The molecule has 0 aliphatic carbocycles. The van der Waals surface area contributed by atoms with Crippen molar-refractivity contribution in [1.29, 1.82) is 0 Å².